The lowest BCUT2D eigenvalue weighted by Gasteiger charge is -2.26. The Bertz CT molecular complexity index is 364. The molecule has 1 aromatic rings. The van der Waals surface area contributed by atoms with Crippen LogP contribution in [0.4, 0.5) is 0 Å². The highest BCUT2D eigenvalue weighted by Gasteiger charge is 2.19. The molecule has 1 aliphatic heterocycles. The summed E-state index contributed by atoms with van der Waals surface area (Å²) in [5.41, 5.74) is 3.39. The van der Waals surface area contributed by atoms with Crippen molar-refractivity contribution in [3.05, 3.63) is 35.9 Å². The monoisotopic (exact) mass is 262 g/mol. The van der Waals surface area contributed by atoms with Crippen molar-refractivity contribution in [1.82, 2.24) is 4.90 Å². The van der Waals surface area contributed by atoms with Gasteiger partial charge in [-0.2, -0.15) is 0 Å². The standard InChI is InChI=1S/C15H22N2S/c1-2-3-7-10-17(15-12-18-13-16-15)11-14-8-5-4-6-9-14/h4-6,8-9,13,15H,2-3,7,10-12H2,1H3. The maximum Gasteiger partial charge on any atom is 0.112 e. The van der Waals surface area contributed by atoms with Gasteiger partial charge in [0.2, 0.25) is 0 Å². The van der Waals surface area contributed by atoms with Crippen molar-refractivity contribution in [2.45, 2.75) is 38.9 Å². The Morgan fingerprint density at radius 1 is 1.28 bits per heavy atom. The van der Waals surface area contributed by atoms with E-state index < -0.39 is 0 Å². The lowest BCUT2D eigenvalue weighted by molar-refractivity contribution is 0.207. The number of benzene rings is 1. The quantitative estimate of drug-likeness (QED) is 0.695. The molecule has 0 saturated carbocycles. The van der Waals surface area contributed by atoms with Crippen LogP contribution < -0.4 is 0 Å². The second kappa shape index (κ2) is 7.59. The van der Waals surface area contributed by atoms with E-state index in [4.69, 9.17) is 0 Å². The minimum atomic E-state index is 0.382. The molecule has 0 aliphatic carbocycles. The van der Waals surface area contributed by atoms with Gasteiger partial charge in [0, 0.05) is 18.8 Å². The summed E-state index contributed by atoms with van der Waals surface area (Å²) in [6.45, 7) is 4.43. The first kappa shape index (κ1) is 13.6. The van der Waals surface area contributed by atoms with E-state index in [0.717, 1.165) is 18.8 Å². The Hall–Kier alpha value is -0.800. The SMILES string of the molecule is CCCCCN(Cc1ccccc1)C1CSC=N1. The van der Waals surface area contributed by atoms with Gasteiger partial charge in [-0.3, -0.25) is 9.89 Å². The normalized spacial score (nSPS) is 18.7. The molecule has 98 valence electrons. The van der Waals surface area contributed by atoms with Gasteiger partial charge in [0.05, 0.1) is 5.55 Å². The van der Waals surface area contributed by atoms with Gasteiger partial charge in [-0.05, 0) is 12.0 Å². The van der Waals surface area contributed by atoms with Gasteiger partial charge in [0.15, 0.2) is 0 Å². The summed E-state index contributed by atoms with van der Waals surface area (Å²) in [4.78, 5) is 7.09. The molecule has 0 bridgehead atoms. The lowest BCUT2D eigenvalue weighted by Crippen LogP contribution is -2.34. The number of thioether (sulfide) groups is 1. The highest BCUT2D eigenvalue weighted by molar-refractivity contribution is 8.12. The molecule has 1 heterocycles. The molecule has 2 nitrogen and oxygen atoms in total. The molecule has 18 heavy (non-hydrogen) atoms. The zero-order valence-electron chi connectivity index (χ0n) is 11.1. The minimum absolute atomic E-state index is 0.382. The molecule has 1 unspecified atom stereocenters. The van der Waals surface area contributed by atoms with Crippen molar-refractivity contribution in [2.75, 3.05) is 12.3 Å². The molecule has 1 aromatic carbocycles. The molecule has 0 N–H and O–H groups in total. The number of hydrogen-bond acceptors (Lipinski definition) is 3. The number of rotatable bonds is 7. The van der Waals surface area contributed by atoms with E-state index >= 15 is 0 Å². The molecule has 0 spiro atoms. The molecule has 3 heteroatoms. The zero-order valence-corrected chi connectivity index (χ0v) is 11.9. The molecule has 0 amide bonds. The predicted octanol–water partition coefficient (Wildman–Crippen LogP) is 3.78. The molecular weight excluding hydrogens is 240 g/mol. The number of aliphatic imine (C=N–C) groups is 1. The smallest absolute Gasteiger partial charge is 0.112 e. The Balaban J connectivity index is 1.93. The second-order valence-corrected chi connectivity index (χ2v) is 5.61. The fourth-order valence-electron chi connectivity index (χ4n) is 2.20. The first-order chi connectivity index (χ1) is 8.90. The van der Waals surface area contributed by atoms with Crippen LogP contribution in [-0.4, -0.2) is 28.9 Å². The van der Waals surface area contributed by atoms with E-state index in [-0.39, 0.29) is 0 Å². The summed E-state index contributed by atoms with van der Waals surface area (Å²) >= 11 is 1.83. The molecule has 2 rings (SSSR count). The van der Waals surface area contributed by atoms with Crippen LogP contribution in [-0.2, 0) is 6.54 Å². The molecule has 1 aliphatic rings. The molecular formula is C15H22N2S. The van der Waals surface area contributed by atoms with E-state index in [1.54, 1.807) is 0 Å². The van der Waals surface area contributed by atoms with E-state index in [0.29, 0.717) is 6.17 Å². The lowest BCUT2D eigenvalue weighted by atomic mass is 10.2. The first-order valence-corrected chi connectivity index (χ1v) is 7.86. The number of hydrogen-bond donors (Lipinski definition) is 0. The average molecular weight is 262 g/mol. The van der Waals surface area contributed by atoms with Crippen molar-refractivity contribution < 1.29 is 0 Å². The van der Waals surface area contributed by atoms with Crippen LogP contribution in [0.2, 0.25) is 0 Å². The van der Waals surface area contributed by atoms with E-state index in [9.17, 15) is 0 Å². The predicted molar refractivity (Wildman–Crippen MR) is 81.1 cm³/mol. The topological polar surface area (TPSA) is 15.6 Å². The first-order valence-electron chi connectivity index (χ1n) is 6.81. The number of unbranched alkanes of at least 4 members (excludes halogenated alkanes) is 2. The second-order valence-electron chi connectivity index (χ2n) is 4.73. The van der Waals surface area contributed by atoms with Gasteiger partial charge in [0.1, 0.15) is 6.17 Å². The fraction of sp³-hybridized carbons (Fsp3) is 0.533. The third-order valence-corrected chi connectivity index (χ3v) is 4.01. The van der Waals surface area contributed by atoms with Crippen LogP contribution in [0.25, 0.3) is 0 Å². The molecule has 1 atom stereocenters. The molecule has 0 fully saturated rings. The summed E-state index contributed by atoms with van der Waals surface area (Å²) < 4.78 is 0. The minimum Gasteiger partial charge on any atom is -0.277 e. The highest BCUT2D eigenvalue weighted by atomic mass is 32.2. The summed E-state index contributed by atoms with van der Waals surface area (Å²) in [5.74, 6) is 1.11. The third-order valence-electron chi connectivity index (χ3n) is 3.25. The largest absolute Gasteiger partial charge is 0.277 e. The molecule has 0 radical (unpaired) electrons. The van der Waals surface area contributed by atoms with Gasteiger partial charge in [-0.25, -0.2) is 0 Å². The van der Waals surface area contributed by atoms with E-state index in [1.807, 2.05) is 17.3 Å². The van der Waals surface area contributed by atoms with Crippen LogP contribution in [0.3, 0.4) is 0 Å². The van der Waals surface area contributed by atoms with Gasteiger partial charge < -0.3 is 0 Å². The Morgan fingerprint density at radius 3 is 2.78 bits per heavy atom. The van der Waals surface area contributed by atoms with Gasteiger partial charge in [0.25, 0.3) is 0 Å². The van der Waals surface area contributed by atoms with Gasteiger partial charge >= 0.3 is 0 Å². The van der Waals surface area contributed by atoms with Crippen molar-refractivity contribution in [3.63, 3.8) is 0 Å². The third kappa shape index (κ3) is 4.14. The van der Waals surface area contributed by atoms with Crippen LogP contribution in [0.5, 0.6) is 0 Å². The van der Waals surface area contributed by atoms with Gasteiger partial charge in [-0.1, -0.05) is 50.1 Å². The Kier molecular flexibility index (Phi) is 5.75. The van der Waals surface area contributed by atoms with Crippen LogP contribution in [0.1, 0.15) is 31.7 Å². The van der Waals surface area contributed by atoms with Crippen molar-refractivity contribution in [1.29, 1.82) is 0 Å². The van der Waals surface area contributed by atoms with E-state index in [1.165, 1.54) is 24.8 Å². The fourth-order valence-corrected chi connectivity index (χ4v) is 2.98. The number of nitrogens with zero attached hydrogens (tertiary/aromatic N) is 2. The van der Waals surface area contributed by atoms with Crippen LogP contribution in [0.15, 0.2) is 35.3 Å². The molecule has 0 saturated heterocycles. The van der Waals surface area contributed by atoms with Crippen molar-refractivity contribution >= 4 is 17.3 Å². The molecule has 0 aromatic heterocycles. The van der Waals surface area contributed by atoms with E-state index in [2.05, 4.69) is 47.1 Å². The van der Waals surface area contributed by atoms with Crippen LogP contribution in [0, 0.1) is 0 Å². The van der Waals surface area contributed by atoms with Crippen molar-refractivity contribution in [2.24, 2.45) is 4.99 Å². The maximum absolute atomic E-state index is 4.57. The Morgan fingerprint density at radius 2 is 2.11 bits per heavy atom. The van der Waals surface area contributed by atoms with Crippen molar-refractivity contribution in [3.8, 4) is 0 Å². The average Bonchev–Trinajstić information content (AvgIpc) is 2.93. The summed E-state index contributed by atoms with van der Waals surface area (Å²) in [7, 11) is 0. The summed E-state index contributed by atoms with van der Waals surface area (Å²) in [6, 6.07) is 10.7. The summed E-state index contributed by atoms with van der Waals surface area (Å²) in [6.07, 6.45) is 4.25. The Labute approximate surface area is 114 Å². The van der Waals surface area contributed by atoms with Crippen LogP contribution >= 0.6 is 11.8 Å². The summed E-state index contributed by atoms with van der Waals surface area (Å²) in [5, 5.41) is 0. The van der Waals surface area contributed by atoms with Gasteiger partial charge in [-0.15, -0.1) is 11.8 Å². The maximum atomic E-state index is 4.57. The zero-order chi connectivity index (χ0) is 12.6. The highest BCUT2D eigenvalue weighted by Crippen LogP contribution is 2.18.